The van der Waals surface area contributed by atoms with Crippen molar-refractivity contribution < 1.29 is 9.84 Å². The van der Waals surface area contributed by atoms with E-state index in [-0.39, 0.29) is 5.75 Å². The van der Waals surface area contributed by atoms with Crippen molar-refractivity contribution in [2.24, 2.45) is 0 Å². The highest BCUT2D eigenvalue weighted by atomic mass is 16.5. The zero-order valence-corrected chi connectivity index (χ0v) is 18.1. The monoisotopic (exact) mass is 402 g/mol. The first kappa shape index (κ1) is 21.3. The molecule has 3 N–H and O–H groups in total. The Labute approximate surface area is 179 Å². The molecule has 3 rings (SSSR count). The van der Waals surface area contributed by atoms with Crippen molar-refractivity contribution in [1.82, 2.24) is 0 Å². The first-order valence-corrected chi connectivity index (χ1v) is 10.4. The van der Waals surface area contributed by atoms with Gasteiger partial charge in [0.1, 0.15) is 11.4 Å². The van der Waals surface area contributed by atoms with Crippen LogP contribution in [0.3, 0.4) is 0 Å². The molecule has 0 aliphatic heterocycles. The van der Waals surface area contributed by atoms with Gasteiger partial charge in [0, 0.05) is 19.7 Å². The van der Waals surface area contributed by atoms with E-state index in [2.05, 4.69) is 54.0 Å². The van der Waals surface area contributed by atoms with Crippen molar-refractivity contribution in [2.45, 2.75) is 20.3 Å². The fourth-order valence-corrected chi connectivity index (χ4v) is 3.82. The molecule has 0 unspecified atom stereocenters. The summed E-state index contributed by atoms with van der Waals surface area (Å²) in [5, 5.41) is 16.4. The van der Waals surface area contributed by atoms with E-state index in [4.69, 9.17) is 4.74 Å². The second-order valence-electron chi connectivity index (χ2n) is 6.92. The molecular weight excluding hydrogens is 372 g/mol. The molecule has 4 heteroatoms. The van der Waals surface area contributed by atoms with Crippen LogP contribution >= 0.6 is 0 Å². The summed E-state index contributed by atoms with van der Waals surface area (Å²) in [6.07, 6.45) is 0.856. The zero-order valence-electron chi connectivity index (χ0n) is 18.1. The number of anilines is 2. The molecule has 0 saturated heterocycles. The normalized spacial score (nSPS) is 11.6. The van der Waals surface area contributed by atoms with E-state index in [1.807, 2.05) is 39.2 Å². The molecule has 0 bridgehead atoms. The van der Waals surface area contributed by atoms with Crippen LogP contribution in [0.5, 0.6) is 11.5 Å². The maximum atomic E-state index is 9.85. The molecule has 0 aliphatic carbocycles. The Morgan fingerprint density at radius 2 is 1.53 bits per heavy atom. The van der Waals surface area contributed by atoms with E-state index >= 15 is 0 Å². The quantitative estimate of drug-likeness (QED) is 0.390. The smallest absolute Gasteiger partial charge is 0.152 e. The van der Waals surface area contributed by atoms with E-state index in [0.717, 1.165) is 40.2 Å². The van der Waals surface area contributed by atoms with Crippen LogP contribution in [0.15, 0.2) is 66.7 Å². The third-order valence-electron chi connectivity index (χ3n) is 5.17. The Hall–Kier alpha value is -3.40. The molecule has 0 fully saturated rings. The van der Waals surface area contributed by atoms with Crippen molar-refractivity contribution in [3.05, 3.63) is 83.4 Å². The van der Waals surface area contributed by atoms with Crippen LogP contribution in [-0.4, -0.2) is 25.8 Å². The molecule has 0 heterocycles. The lowest BCUT2D eigenvalue weighted by Gasteiger charge is -2.22. The Morgan fingerprint density at radius 3 is 2.10 bits per heavy atom. The van der Waals surface area contributed by atoms with Gasteiger partial charge in [-0.25, -0.2) is 0 Å². The number of phenols is 1. The maximum Gasteiger partial charge on any atom is 0.152 e. The molecule has 0 radical (unpaired) electrons. The minimum absolute atomic E-state index is 0.252. The standard InChI is InChI=1S/C26H30N2O2/c1-5-21(18-10-8-7-9-11-18)24(19-12-14-20(29)15-13-19)22-16-17-23(27-3)25(28-4)26(22)30-6-2/h7-17,27-29H,5-6H2,1-4H3. The second kappa shape index (κ2) is 9.88. The topological polar surface area (TPSA) is 53.5 Å². The molecule has 156 valence electrons. The van der Waals surface area contributed by atoms with Crippen molar-refractivity contribution in [1.29, 1.82) is 0 Å². The lowest BCUT2D eigenvalue weighted by Crippen LogP contribution is -2.06. The van der Waals surface area contributed by atoms with Crippen LogP contribution in [0, 0.1) is 0 Å². The summed E-state index contributed by atoms with van der Waals surface area (Å²) in [5.74, 6) is 1.07. The Kier molecular flexibility index (Phi) is 7.02. The summed E-state index contributed by atoms with van der Waals surface area (Å²) in [6, 6.07) is 22.0. The summed E-state index contributed by atoms with van der Waals surface area (Å²) >= 11 is 0. The average molecular weight is 403 g/mol. The van der Waals surface area contributed by atoms with Gasteiger partial charge in [-0.15, -0.1) is 0 Å². The van der Waals surface area contributed by atoms with Crippen LogP contribution in [0.2, 0.25) is 0 Å². The van der Waals surface area contributed by atoms with Gasteiger partial charge in [0.25, 0.3) is 0 Å². The van der Waals surface area contributed by atoms with Crippen molar-refractivity contribution in [3.63, 3.8) is 0 Å². The Balaban J connectivity index is 2.39. The molecule has 0 saturated carbocycles. The van der Waals surface area contributed by atoms with Gasteiger partial charge in [0.2, 0.25) is 0 Å². The minimum atomic E-state index is 0.252. The molecule has 30 heavy (non-hydrogen) atoms. The molecular formula is C26H30N2O2. The van der Waals surface area contributed by atoms with Gasteiger partial charge in [-0.05, 0) is 59.9 Å². The van der Waals surface area contributed by atoms with Crippen LogP contribution in [0.1, 0.15) is 37.0 Å². The summed E-state index contributed by atoms with van der Waals surface area (Å²) in [6.45, 7) is 4.73. The van der Waals surface area contributed by atoms with Crippen LogP contribution in [0.25, 0.3) is 11.1 Å². The summed E-state index contributed by atoms with van der Waals surface area (Å²) in [5.41, 5.74) is 7.46. The SMILES string of the molecule is CCOc1c(C(=C(CC)c2ccccc2)c2ccc(O)cc2)ccc(NC)c1NC. The number of hydrogen-bond donors (Lipinski definition) is 3. The maximum absolute atomic E-state index is 9.85. The molecule has 0 amide bonds. The molecule has 0 spiro atoms. The summed E-state index contributed by atoms with van der Waals surface area (Å²) in [7, 11) is 3.81. The van der Waals surface area contributed by atoms with Crippen LogP contribution in [-0.2, 0) is 0 Å². The van der Waals surface area contributed by atoms with Gasteiger partial charge in [-0.2, -0.15) is 0 Å². The highest BCUT2D eigenvalue weighted by Crippen LogP contribution is 2.44. The van der Waals surface area contributed by atoms with Crippen molar-refractivity contribution >= 4 is 22.5 Å². The highest BCUT2D eigenvalue weighted by Gasteiger charge is 2.21. The first-order valence-electron chi connectivity index (χ1n) is 10.4. The number of nitrogens with one attached hydrogen (secondary N) is 2. The lowest BCUT2D eigenvalue weighted by atomic mass is 9.87. The lowest BCUT2D eigenvalue weighted by molar-refractivity contribution is 0.341. The van der Waals surface area contributed by atoms with E-state index in [0.29, 0.717) is 6.61 Å². The third kappa shape index (κ3) is 4.28. The predicted octanol–water partition coefficient (Wildman–Crippen LogP) is 6.24. The van der Waals surface area contributed by atoms with Crippen molar-refractivity contribution in [3.8, 4) is 11.5 Å². The molecule has 0 aliphatic rings. The molecule has 3 aromatic carbocycles. The van der Waals surface area contributed by atoms with Gasteiger partial charge in [0.15, 0.2) is 5.75 Å². The van der Waals surface area contributed by atoms with Gasteiger partial charge in [0.05, 0.1) is 12.3 Å². The Morgan fingerprint density at radius 1 is 0.833 bits per heavy atom. The number of ether oxygens (including phenoxy) is 1. The van der Waals surface area contributed by atoms with E-state index in [1.54, 1.807) is 12.1 Å². The number of allylic oxidation sites excluding steroid dienone is 1. The predicted molar refractivity (Wildman–Crippen MR) is 127 cm³/mol. The highest BCUT2D eigenvalue weighted by molar-refractivity contribution is 6.02. The van der Waals surface area contributed by atoms with Crippen LogP contribution in [0.4, 0.5) is 11.4 Å². The largest absolute Gasteiger partial charge is 0.508 e. The number of hydrogen-bond acceptors (Lipinski definition) is 4. The van der Waals surface area contributed by atoms with Crippen molar-refractivity contribution in [2.75, 3.05) is 31.3 Å². The van der Waals surface area contributed by atoms with Gasteiger partial charge in [-0.1, -0.05) is 49.4 Å². The third-order valence-corrected chi connectivity index (χ3v) is 5.17. The summed E-state index contributed by atoms with van der Waals surface area (Å²) in [4.78, 5) is 0. The fourth-order valence-electron chi connectivity index (χ4n) is 3.82. The molecule has 3 aromatic rings. The van der Waals surface area contributed by atoms with Gasteiger partial charge < -0.3 is 20.5 Å². The van der Waals surface area contributed by atoms with Gasteiger partial charge >= 0.3 is 0 Å². The fraction of sp³-hybridized carbons (Fsp3) is 0.231. The Bertz CT molecular complexity index is 1010. The van der Waals surface area contributed by atoms with E-state index in [9.17, 15) is 5.11 Å². The number of rotatable bonds is 8. The van der Waals surface area contributed by atoms with E-state index in [1.165, 1.54) is 11.1 Å². The summed E-state index contributed by atoms with van der Waals surface area (Å²) < 4.78 is 6.17. The van der Waals surface area contributed by atoms with Crippen LogP contribution < -0.4 is 15.4 Å². The number of benzene rings is 3. The molecule has 0 aromatic heterocycles. The number of aromatic hydroxyl groups is 1. The minimum Gasteiger partial charge on any atom is -0.508 e. The first-order chi connectivity index (χ1) is 14.6. The number of phenolic OH excluding ortho intramolecular Hbond substituents is 1. The van der Waals surface area contributed by atoms with Gasteiger partial charge in [-0.3, -0.25) is 0 Å². The average Bonchev–Trinajstić information content (AvgIpc) is 2.79. The second-order valence-corrected chi connectivity index (χ2v) is 6.92. The van der Waals surface area contributed by atoms with E-state index < -0.39 is 0 Å². The molecule has 0 atom stereocenters. The molecule has 4 nitrogen and oxygen atoms in total. The zero-order chi connectivity index (χ0) is 21.5.